The Hall–Kier alpha value is -2.85. The first kappa shape index (κ1) is 39.9. The zero-order valence-corrected chi connectivity index (χ0v) is 35.9. The summed E-state index contributed by atoms with van der Waals surface area (Å²) >= 11 is 1.91. The van der Waals surface area contributed by atoms with Gasteiger partial charge in [-0.25, -0.2) is 0 Å². The number of pyridine rings is 1. The van der Waals surface area contributed by atoms with Crippen LogP contribution in [-0.4, -0.2) is 15.9 Å². The number of nitrogens with zero attached hydrogens (tertiary/aromatic N) is 1. The molecule has 50 heavy (non-hydrogen) atoms. The van der Waals surface area contributed by atoms with Gasteiger partial charge in [-0.1, -0.05) is 125 Å². The summed E-state index contributed by atoms with van der Waals surface area (Å²) in [7, 11) is 0. The van der Waals surface area contributed by atoms with Crippen molar-refractivity contribution in [3.63, 3.8) is 0 Å². The summed E-state index contributed by atoms with van der Waals surface area (Å²) in [5.41, 5.74) is 7.75. The van der Waals surface area contributed by atoms with Crippen LogP contribution in [0.4, 0.5) is 0 Å². The first-order valence-corrected chi connectivity index (χ1v) is 18.5. The molecule has 3 nitrogen and oxygen atoms in total. The van der Waals surface area contributed by atoms with E-state index in [0.717, 1.165) is 11.3 Å². The summed E-state index contributed by atoms with van der Waals surface area (Å²) in [6, 6.07) is 19.4. The van der Waals surface area contributed by atoms with E-state index in [1.807, 2.05) is 59.1 Å². The first-order chi connectivity index (χ1) is 22.4. The van der Waals surface area contributed by atoms with Crippen LogP contribution in [0.25, 0.3) is 42.2 Å². The second-order valence-corrected chi connectivity index (χ2v) is 19.5. The van der Waals surface area contributed by atoms with Crippen molar-refractivity contribution >= 4 is 48.1 Å². The Morgan fingerprint density at radius 2 is 1.48 bits per heavy atom. The molecule has 0 fully saturated rings. The van der Waals surface area contributed by atoms with Crippen molar-refractivity contribution in [1.82, 2.24) is 4.98 Å². The summed E-state index contributed by atoms with van der Waals surface area (Å²) in [5, 5.41) is 14.8. The molecule has 0 amide bonds. The molecule has 1 aliphatic rings. The Balaban J connectivity index is 0.000000345. The second kappa shape index (κ2) is 13.6. The van der Waals surface area contributed by atoms with Crippen LogP contribution in [0.1, 0.15) is 125 Å². The number of aromatic nitrogens is 1. The van der Waals surface area contributed by atoms with Crippen LogP contribution in [0.5, 0.6) is 0 Å². The molecule has 1 N–H and O–H groups in total. The number of benzene rings is 3. The Kier molecular flexibility index (Phi) is 10.9. The maximum absolute atomic E-state index is 11.5. The third-order valence-electron chi connectivity index (χ3n) is 10.4. The van der Waals surface area contributed by atoms with Crippen molar-refractivity contribution in [3.05, 3.63) is 88.8 Å². The molecule has 269 valence electrons. The van der Waals surface area contributed by atoms with Gasteiger partial charge in [0.15, 0.2) is 5.78 Å². The van der Waals surface area contributed by atoms with Crippen LogP contribution in [-0.2, 0) is 41.1 Å². The maximum Gasteiger partial charge on any atom is 0.164 e. The molecular formula is C45H56IrNO2S-. The fourth-order valence-corrected chi connectivity index (χ4v) is 8.43. The molecule has 0 saturated heterocycles. The summed E-state index contributed by atoms with van der Waals surface area (Å²) in [5.74, 6) is 0.104. The van der Waals surface area contributed by atoms with Crippen molar-refractivity contribution < 1.29 is 30.0 Å². The molecule has 0 unspecified atom stereocenters. The number of carbonyl (C=O) groups is 1. The molecule has 5 heteroatoms. The minimum absolute atomic E-state index is 0. The average Bonchev–Trinajstić information content (AvgIpc) is 3.37. The van der Waals surface area contributed by atoms with E-state index < -0.39 is 5.41 Å². The summed E-state index contributed by atoms with van der Waals surface area (Å²) < 4.78 is 2.66. The quantitative estimate of drug-likeness (QED) is 0.109. The normalized spacial score (nSPS) is 16.1. The molecule has 0 saturated carbocycles. The SMILES string of the molecule is CC(C)(C)C(=O)/C=C(\O)C(C)(C)C.Cc1c2c(cc3sc4c(-c5[c-]cc(C(C)(C)C)c6ccccc56)nccc4c13)C(C)(C)CCC2(C)C.[Ir]. The standard InChI is InChI=1S/C34H36NS.C11H20O2.Ir/c1-20-28-24-15-18-35-30(23-13-14-25(32(2,3)4)22-12-10-9-11-21(22)23)31(24)36-27(28)19-26-29(20)34(7,8)17-16-33(26,5)6;1-10(2,3)8(12)7-9(13)11(4,5)6;/h9-12,14-15,18-19H,16-17H2,1-8H3;7,12H,1-6H3;/q-1;;/b;8-7-;. The van der Waals surface area contributed by atoms with Gasteiger partial charge in [-0.05, 0) is 70.2 Å². The fraction of sp³-hybridized carbons (Fsp3) is 0.467. The van der Waals surface area contributed by atoms with Gasteiger partial charge < -0.3 is 10.1 Å². The molecule has 3 aromatic carbocycles. The number of aryl methyl sites for hydroxylation is 1. The topological polar surface area (TPSA) is 50.2 Å². The third-order valence-corrected chi connectivity index (χ3v) is 11.5. The van der Waals surface area contributed by atoms with E-state index in [-0.39, 0.29) is 53.3 Å². The number of thiophene rings is 1. The van der Waals surface area contributed by atoms with E-state index in [2.05, 4.69) is 104 Å². The van der Waals surface area contributed by atoms with Gasteiger partial charge in [0, 0.05) is 63.7 Å². The first-order valence-electron chi connectivity index (χ1n) is 17.7. The number of hydrogen-bond acceptors (Lipinski definition) is 4. The Bertz CT molecular complexity index is 2110. The number of aliphatic hydroxyl groups excluding tert-OH is 1. The van der Waals surface area contributed by atoms with E-state index in [1.165, 1.54) is 66.6 Å². The number of hydrogen-bond donors (Lipinski definition) is 1. The summed E-state index contributed by atoms with van der Waals surface area (Å²) in [4.78, 5) is 16.5. The molecule has 1 radical (unpaired) electrons. The van der Waals surface area contributed by atoms with Crippen LogP contribution < -0.4 is 0 Å². The number of fused-ring (bicyclic) bond motifs is 5. The van der Waals surface area contributed by atoms with Gasteiger partial charge >= 0.3 is 0 Å². The van der Waals surface area contributed by atoms with Gasteiger partial charge in [-0.2, -0.15) is 0 Å². The fourth-order valence-electron chi connectivity index (χ4n) is 7.14. The predicted molar refractivity (Wildman–Crippen MR) is 212 cm³/mol. The Morgan fingerprint density at radius 3 is 2.06 bits per heavy atom. The predicted octanol–water partition coefficient (Wildman–Crippen LogP) is 13.1. The molecule has 5 aromatic rings. The van der Waals surface area contributed by atoms with Crippen LogP contribution in [0.2, 0.25) is 0 Å². The van der Waals surface area contributed by atoms with Crippen molar-refractivity contribution in [1.29, 1.82) is 0 Å². The van der Waals surface area contributed by atoms with Gasteiger partial charge in [0.1, 0.15) is 5.76 Å². The average molecular weight is 867 g/mol. The van der Waals surface area contributed by atoms with Crippen molar-refractivity contribution in [2.75, 3.05) is 0 Å². The minimum atomic E-state index is -0.417. The van der Waals surface area contributed by atoms with Gasteiger partial charge in [0.2, 0.25) is 0 Å². The molecule has 6 rings (SSSR count). The van der Waals surface area contributed by atoms with E-state index >= 15 is 0 Å². The van der Waals surface area contributed by atoms with Gasteiger partial charge in [0.25, 0.3) is 0 Å². The number of allylic oxidation sites excluding steroid dienone is 2. The van der Waals surface area contributed by atoms with Gasteiger partial charge in [0.05, 0.1) is 0 Å². The molecule has 1 aliphatic carbocycles. The van der Waals surface area contributed by atoms with Crippen molar-refractivity contribution in [2.45, 2.75) is 126 Å². The third kappa shape index (κ3) is 7.52. The van der Waals surface area contributed by atoms with E-state index in [1.54, 1.807) is 5.56 Å². The smallest absolute Gasteiger partial charge is 0.164 e. The molecule has 0 spiro atoms. The van der Waals surface area contributed by atoms with Crippen LogP contribution in [0.15, 0.2) is 60.5 Å². The largest absolute Gasteiger partial charge is 0.512 e. The Morgan fingerprint density at radius 1 is 0.880 bits per heavy atom. The molecule has 0 bridgehead atoms. The number of ketones is 1. The zero-order valence-electron chi connectivity index (χ0n) is 32.7. The van der Waals surface area contributed by atoms with E-state index in [9.17, 15) is 9.90 Å². The van der Waals surface area contributed by atoms with Crippen molar-refractivity contribution in [2.24, 2.45) is 10.8 Å². The van der Waals surface area contributed by atoms with Crippen LogP contribution in [0, 0.1) is 23.8 Å². The molecule has 2 heterocycles. The number of rotatable bonds is 2. The van der Waals surface area contributed by atoms with E-state index in [4.69, 9.17) is 4.98 Å². The van der Waals surface area contributed by atoms with Gasteiger partial charge in [-0.3, -0.25) is 4.79 Å². The van der Waals surface area contributed by atoms with Crippen molar-refractivity contribution in [3.8, 4) is 11.3 Å². The molecule has 0 aliphatic heterocycles. The van der Waals surface area contributed by atoms with Crippen LogP contribution in [0.3, 0.4) is 0 Å². The zero-order chi connectivity index (χ0) is 36.5. The number of carbonyl (C=O) groups excluding carboxylic acids is 1. The minimum Gasteiger partial charge on any atom is -0.512 e. The molecule has 2 aromatic heterocycles. The maximum atomic E-state index is 11.5. The number of aliphatic hydroxyl groups is 1. The molecule has 0 atom stereocenters. The van der Waals surface area contributed by atoms with Gasteiger partial charge in [-0.15, -0.1) is 34.6 Å². The molecular weight excluding hydrogens is 811 g/mol. The summed E-state index contributed by atoms with van der Waals surface area (Å²) in [6.07, 6.45) is 5.80. The summed E-state index contributed by atoms with van der Waals surface area (Å²) in [6.45, 7) is 30.0. The van der Waals surface area contributed by atoms with E-state index in [0.29, 0.717) is 0 Å². The second-order valence-electron chi connectivity index (χ2n) is 18.5. The Labute approximate surface area is 318 Å². The monoisotopic (exact) mass is 867 g/mol. The van der Waals surface area contributed by atoms with Crippen LogP contribution >= 0.6 is 11.3 Å².